The number of hydrogen-bond donors (Lipinski definition) is 1. The van der Waals surface area contributed by atoms with E-state index < -0.39 is 0 Å². The summed E-state index contributed by atoms with van der Waals surface area (Å²) in [5, 5.41) is 3.84. The minimum atomic E-state index is 0.524. The van der Waals surface area contributed by atoms with Crippen molar-refractivity contribution in [1.82, 2.24) is 10.2 Å². The molecule has 1 spiro atoms. The maximum absolute atomic E-state index is 3.84. The third-order valence-corrected chi connectivity index (χ3v) is 6.39. The molecule has 4 rings (SSSR count). The molecule has 0 aromatic heterocycles. The quantitative estimate of drug-likeness (QED) is 0.808. The Morgan fingerprint density at radius 3 is 2.72 bits per heavy atom. The van der Waals surface area contributed by atoms with Gasteiger partial charge < -0.3 is 5.32 Å². The van der Waals surface area contributed by atoms with Crippen LogP contribution in [0.5, 0.6) is 0 Å². The molecule has 0 aromatic rings. The van der Waals surface area contributed by atoms with Crippen LogP contribution >= 0.6 is 0 Å². The SMILES string of the molecule is C1CCC2(C1)CN(CC1CC3CCC1C3)CCN2. The molecule has 3 aliphatic carbocycles. The molecule has 0 amide bonds. The zero-order chi connectivity index (χ0) is 12.0. The molecule has 1 N–H and O–H groups in total. The standard InChI is InChI=1S/C16H28N2/c1-2-6-16(5-1)12-18(8-7-17-16)11-15-10-13-3-4-14(15)9-13/h13-15,17H,1-12H2. The highest BCUT2D eigenvalue weighted by Crippen LogP contribution is 2.48. The van der Waals surface area contributed by atoms with Gasteiger partial charge in [-0.25, -0.2) is 0 Å². The highest BCUT2D eigenvalue weighted by molar-refractivity contribution is 4.99. The van der Waals surface area contributed by atoms with Crippen molar-refractivity contribution in [3.05, 3.63) is 0 Å². The molecule has 0 aromatic carbocycles. The van der Waals surface area contributed by atoms with Crippen LogP contribution in [0.15, 0.2) is 0 Å². The normalized spacial score (nSPS) is 43.0. The molecule has 1 heterocycles. The maximum Gasteiger partial charge on any atom is 0.0309 e. The van der Waals surface area contributed by atoms with Gasteiger partial charge in [0.1, 0.15) is 0 Å². The second-order valence-electron chi connectivity index (χ2n) is 7.58. The highest BCUT2D eigenvalue weighted by atomic mass is 15.2. The van der Waals surface area contributed by atoms with Crippen LogP contribution in [-0.2, 0) is 0 Å². The van der Waals surface area contributed by atoms with E-state index in [1.54, 1.807) is 25.7 Å². The Morgan fingerprint density at radius 1 is 1.11 bits per heavy atom. The Bertz CT molecular complexity index is 308. The molecule has 4 fully saturated rings. The Balaban J connectivity index is 1.37. The van der Waals surface area contributed by atoms with Crippen LogP contribution in [-0.4, -0.2) is 36.6 Å². The largest absolute Gasteiger partial charge is 0.309 e. The van der Waals surface area contributed by atoms with Crippen LogP contribution in [0.2, 0.25) is 0 Å². The van der Waals surface area contributed by atoms with Gasteiger partial charge in [0.2, 0.25) is 0 Å². The van der Waals surface area contributed by atoms with Crippen molar-refractivity contribution in [3.8, 4) is 0 Å². The van der Waals surface area contributed by atoms with Crippen molar-refractivity contribution in [3.63, 3.8) is 0 Å². The van der Waals surface area contributed by atoms with Crippen LogP contribution in [0.1, 0.15) is 51.4 Å². The van der Waals surface area contributed by atoms with E-state index in [4.69, 9.17) is 0 Å². The van der Waals surface area contributed by atoms with E-state index in [0.717, 1.165) is 17.8 Å². The number of fused-ring (bicyclic) bond motifs is 2. The fourth-order valence-corrected chi connectivity index (χ4v) is 5.52. The van der Waals surface area contributed by atoms with Crippen molar-refractivity contribution in [1.29, 1.82) is 0 Å². The Labute approximate surface area is 111 Å². The minimum absolute atomic E-state index is 0.524. The first-order valence-corrected chi connectivity index (χ1v) is 8.30. The lowest BCUT2D eigenvalue weighted by atomic mass is 9.87. The van der Waals surface area contributed by atoms with Crippen LogP contribution in [0, 0.1) is 17.8 Å². The molecular formula is C16H28N2. The minimum Gasteiger partial charge on any atom is -0.309 e. The first-order chi connectivity index (χ1) is 8.83. The second-order valence-corrected chi connectivity index (χ2v) is 7.58. The lowest BCUT2D eigenvalue weighted by Crippen LogP contribution is -2.59. The predicted octanol–water partition coefficient (Wildman–Crippen LogP) is 2.64. The van der Waals surface area contributed by atoms with Crippen LogP contribution in [0.3, 0.4) is 0 Å². The summed E-state index contributed by atoms with van der Waals surface area (Å²) in [7, 11) is 0. The van der Waals surface area contributed by atoms with Gasteiger partial charge in [0, 0.05) is 31.7 Å². The molecule has 2 nitrogen and oxygen atoms in total. The summed E-state index contributed by atoms with van der Waals surface area (Å²) in [5.41, 5.74) is 0.524. The monoisotopic (exact) mass is 248 g/mol. The van der Waals surface area contributed by atoms with Crippen LogP contribution < -0.4 is 5.32 Å². The number of hydrogen-bond acceptors (Lipinski definition) is 2. The molecule has 1 saturated heterocycles. The first-order valence-electron chi connectivity index (χ1n) is 8.30. The number of nitrogens with one attached hydrogen (secondary N) is 1. The van der Waals surface area contributed by atoms with E-state index >= 15 is 0 Å². The van der Waals surface area contributed by atoms with Gasteiger partial charge in [-0.05, 0) is 49.9 Å². The smallest absolute Gasteiger partial charge is 0.0309 e. The van der Waals surface area contributed by atoms with Gasteiger partial charge in [0.15, 0.2) is 0 Å². The average molecular weight is 248 g/mol. The molecular weight excluding hydrogens is 220 g/mol. The summed E-state index contributed by atoms with van der Waals surface area (Å²) in [5.74, 6) is 3.27. The maximum atomic E-state index is 3.84. The Morgan fingerprint density at radius 2 is 2.00 bits per heavy atom. The first kappa shape index (κ1) is 11.7. The van der Waals surface area contributed by atoms with E-state index in [1.807, 2.05) is 0 Å². The van der Waals surface area contributed by atoms with Crippen LogP contribution in [0.4, 0.5) is 0 Å². The lowest BCUT2D eigenvalue weighted by Gasteiger charge is -2.43. The van der Waals surface area contributed by atoms with Gasteiger partial charge in [-0.1, -0.05) is 19.3 Å². The second kappa shape index (κ2) is 4.49. The van der Waals surface area contributed by atoms with E-state index in [1.165, 1.54) is 51.9 Å². The van der Waals surface area contributed by atoms with Crippen LogP contribution in [0.25, 0.3) is 0 Å². The van der Waals surface area contributed by atoms with Crippen molar-refractivity contribution >= 4 is 0 Å². The molecule has 0 radical (unpaired) electrons. The predicted molar refractivity (Wildman–Crippen MR) is 74.6 cm³/mol. The summed E-state index contributed by atoms with van der Waals surface area (Å²) >= 11 is 0. The third-order valence-electron chi connectivity index (χ3n) is 6.39. The van der Waals surface area contributed by atoms with E-state index in [2.05, 4.69) is 10.2 Å². The summed E-state index contributed by atoms with van der Waals surface area (Å²) < 4.78 is 0. The molecule has 2 bridgehead atoms. The zero-order valence-electron chi connectivity index (χ0n) is 11.7. The molecule has 3 saturated carbocycles. The van der Waals surface area contributed by atoms with E-state index in [-0.39, 0.29) is 0 Å². The van der Waals surface area contributed by atoms with Crippen molar-refractivity contribution in [2.24, 2.45) is 17.8 Å². The number of piperazine rings is 1. The molecule has 3 atom stereocenters. The fraction of sp³-hybridized carbons (Fsp3) is 1.00. The third kappa shape index (κ3) is 2.02. The van der Waals surface area contributed by atoms with E-state index in [9.17, 15) is 0 Å². The fourth-order valence-electron chi connectivity index (χ4n) is 5.52. The van der Waals surface area contributed by atoms with Gasteiger partial charge in [-0.2, -0.15) is 0 Å². The molecule has 2 heteroatoms. The number of rotatable bonds is 2. The van der Waals surface area contributed by atoms with E-state index in [0.29, 0.717) is 5.54 Å². The zero-order valence-corrected chi connectivity index (χ0v) is 11.7. The van der Waals surface area contributed by atoms with Crippen molar-refractivity contribution < 1.29 is 0 Å². The molecule has 18 heavy (non-hydrogen) atoms. The van der Waals surface area contributed by atoms with Gasteiger partial charge in [0.05, 0.1) is 0 Å². The Hall–Kier alpha value is -0.0800. The summed E-state index contributed by atoms with van der Waals surface area (Å²) in [6.45, 7) is 5.31. The average Bonchev–Trinajstić information content (AvgIpc) is 3.06. The molecule has 4 aliphatic rings. The Kier molecular flexibility index (Phi) is 2.92. The molecule has 102 valence electrons. The number of nitrogens with zero attached hydrogens (tertiary/aromatic N) is 1. The summed E-state index contributed by atoms with van der Waals surface area (Å²) in [6, 6.07) is 0. The highest BCUT2D eigenvalue weighted by Gasteiger charge is 2.42. The molecule has 3 unspecified atom stereocenters. The van der Waals surface area contributed by atoms with Gasteiger partial charge in [-0.15, -0.1) is 0 Å². The summed E-state index contributed by atoms with van der Waals surface area (Å²) in [4.78, 5) is 2.81. The van der Waals surface area contributed by atoms with Crippen molar-refractivity contribution in [2.45, 2.75) is 56.9 Å². The van der Waals surface area contributed by atoms with Crippen molar-refractivity contribution in [2.75, 3.05) is 26.2 Å². The van der Waals surface area contributed by atoms with Gasteiger partial charge in [0.25, 0.3) is 0 Å². The lowest BCUT2D eigenvalue weighted by molar-refractivity contribution is 0.104. The van der Waals surface area contributed by atoms with Gasteiger partial charge in [-0.3, -0.25) is 4.90 Å². The molecule has 1 aliphatic heterocycles. The topological polar surface area (TPSA) is 15.3 Å². The summed E-state index contributed by atoms with van der Waals surface area (Å²) in [6.07, 6.45) is 12.0. The van der Waals surface area contributed by atoms with Gasteiger partial charge >= 0.3 is 0 Å².